The second-order valence-electron chi connectivity index (χ2n) is 4.18. The zero-order valence-electron chi connectivity index (χ0n) is 9.05. The summed E-state index contributed by atoms with van der Waals surface area (Å²) in [4.78, 5) is 1.45. The van der Waals surface area contributed by atoms with Crippen molar-refractivity contribution in [3.8, 4) is 0 Å². The molecule has 0 saturated carbocycles. The van der Waals surface area contributed by atoms with E-state index in [1.54, 1.807) is 0 Å². The molecule has 0 amide bonds. The molecule has 1 aromatic rings. The second kappa shape index (κ2) is 5.49. The highest BCUT2D eigenvalue weighted by Crippen LogP contribution is 2.10. The summed E-state index contributed by atoms with van der Waals surface area (Å²) in [6, 6.07) is 4.29. The van der Waals surface area contributed by atoms with E-state index in [2.05, 4.69) is 36.7 Å². The number of thiophene rings is 1. The Morgan fingerprint density at radius 1 is 1.50 bits per heavy atom. The summed E-state index contributed by atoms with van der Waals surface area (Å²) in [5.74, 6) is 0. The minimum Gasteiger partial charge on any atom is -0.330 e. The summed E-state index contributed by atoms with van der Waals surface area (Å²) in [6.45, 7) is 6.19. The van der Waals surface area contributed by atoms with Crippen molar-refractivity contribution in [3.63, 3.8) is 0 Å². The topological polar surface area (TPSA) is 38.0 Å². The van der Waals surface area contributed by atoms with Crippen LogP contribution in [0.25, 0.3) is 0 Å². The summed E-state index contributed by atoms with van der Waals surface area (Å²) in [7, 11) is 0. The van der Waals surface area contributed by atoms with Gasteiger partial charge in [-0.15, -0.1) is 11.3 Å². The van der Waals surface area contributed by atoms with E-state index in [9.17, 15) is 0 Å². The van der Waals surface area contributed by atoms with Gasteiger partial charge in [0.1, 0.15) is 0 Å². The molecule has 3 heteroatoms. The Bertz CT molecular complexity index is 242. The lowest BCUT2D eigenvalue weighted by Gasteiger charge is -2.25. The molecule has 0 spiro atoms. The monoisotopic (exact) mass is 212 g/mol. The van der Waals surface area contributed by atoms with E-state index < -0.39 is 0 Å². The molecule has 0 fully saturated rings. The summed E-state index contributed by atoms with van der Waals surface area (Å²) < 4.78 is 0. The van der Waals surface area contributed by atoms with Crippen molar-refractivity contribution < 1.29 is 0 Å². The SMILES string of the molecule is CC(C)(CCN)NCCc1cccs1. The fraction of sp³-hybridized carbons (Fsp3) is 0.636. The van der Waals surface area contributed by atoms with Gasteiger partial charge in [-0.3, -0.25) is 0 Å². The Morgan fingerprint density at radius 3 is 2.86 bits per heavy atom. The van der Waals surface area contributed by atoms with Gasteiger partial charge in [0.15, 0.2) is 0 Å². The Kier molecular flexibility index (Phi) is 4.58. The molecule has 3 N–H and O–H groups in total. The van der Waals surface area contributed by atoms with Crippen LogP contribution in [0.3, 0.4) is 0 Å². The van der Waals surface area contributed by atoms with Crippen LogP contribution in [0.4, 0.5) is 0 Å². The molecule has 14 heavy (non-hydrogen) atoms. The number of nitrogens with two attached hydrogens (primary N) is 1. The van der Waals surface area contributed by atoms with Gasteiger partial charge in [-0.2, -0.15) is 0 Å². The summed E-state index contributed by atoms with van der Waals surface area (Å²) in [6.07, 6.45) is 2.14. The van der Waals surface area contributed by atoms with Gasteiger partial charge >= 0.3 is 0 Å². The minimum absolute atomic E-state index is 0.173. The molecule has 0 aliphatic heterocycles. The highest BCUT2D eigenvalue weighted by molar-refractivity contribution is 7.09. The quantitative estimate of drug-likeness (QED) is 0.757. The number of hydrogen-bond acceptors (Lipinski definition) is 3. The maximum absolute atomic E-state index is 5.54. The molecule has 1 aromatic heterocycles. The molecule has 0 radical (unpaired) electrons. The van der Waals surface area contributed by atoms with E-state index in [1.807, 2.05) is 11.3 Å². The van der Waals surface area contributed by atoms with Crippen LogP contribution in [0.2, 0.25) is 0 Å². The molecule has 1 rings (SSSR count). The van der Waals surface area contributed by atoms with Crippen molar-refractivity contribution in [2.75, 3.05) is 13.1 Å². The second-order valence-corrected chi connectivity index (χ2v) is 5.21. The van der Waals surface area contributed by atoms with Crippen LogP contribution < -0.4 is 11.1 Å². The van der Waals surface area contributed by atoms with Crippen LogP contribution in [0.15, 0.2) is 17.5 Å². The van der Waals surface area contributed by atoms with Gasteiger partial charge in [0, 0.05) is 17.0 Å². The molecule has 1 heterocycles. The highest BCUT2D eigenvalue weighted by Gasteiger charge is 2.14. The molecule has 2 nitrogen and oxygen atoms in total. The van der Waals surface area contributed by atoms with Gasteiger partial charge in [0.05, 0.1) is 0 Å². The first-order chi connectivity index (χ1) is 6.64. The van der Waals surface area contributed by atoms with Gasteiger partial charge in [0.2, 0.25) is 0 Å². The minimum atomic E-state index is 0.173. The van der Waals surface area contributed by atoms with Gasteiger partial charge in [-0.05, 0) is 44.7 Å². The van der Waals surface area contributed by atoms with Crippen molar-refractivity contribution in [1.29, 1.82) is 0 Å². The standard InChI is InChI=1S/C11H20N2S/c1-11(2,6-7-12)13-8-5-10-4-3-9-14-10/h3-4,9,13H,5-8,12H2,1-2H3. The Labute approximate surface area is 90.5 Å². The molecular weight excluding hydrogens is 192 g/mol. The van der Waals surface area contributed by atoms with Gasteiger partial charge in [0.25, 0.3) is 0 Å². The summed E-state index contributed by atoms with van der Waals surface area (Å²) in [5, 5.41) is 5.65. The maximum atomic E-state index is 5.54. The maximum Gasteiger partial charge on any atom is 0.0137 e. The fourth-order valence-corrected chi connectivity index (χ4v) is 2.14. The third-order valence-electron chi connectivity index (χ3n) is 2.32. The van der Waals surface area contributed by atoms with Crippen molar-refractivity contribution >= 4 is 11.3 Å². The van der Waals surface area contributed by atoms with Crippen molar-refractivity contribution in [2.24, 2.45) is 5.73 Å². The summed E-state index contributed by atoms with van der Waals surface area (Å²) >= 11 is 1.82. The predicted octanol–water partition coefficient (Wildman–Crippen LogP) is 2.01. The molecular formula is C11H20N2S. The van der Waals surface area contributed by atoms with Crippen LogP contribution in [0, 0.1) is 0 Å². The lowest BCUT2D eigenvalue weighted by atomic mass is 10.0. The Hall–Kier alpha value is -0.380. The molecule has 80 valence electrons. The molecule has 0 saturated heterocycles. The average Bonchev–Trinajstić information content (AvgIpc) is 2.56. The molecule has 0 bridgehead atoms. The molecule has 0 aliphatic carbocycles. The zero-order chi connectivity index (χ0) is 10.4. The first-order valence-electron chi connectivity index (χ1n) is 5.11. The molecule has 0 aliphatic rings. The number of nitrogens with one attached hydrogen (secondary N) is 1. The lowest BCUT2D eigenvalue weighted by molar-refractivity contribution is 0.370. The fourth-order valence-electron chi connectivity index (χ4n) is 1.43. The van der Waals surface area contributed by atoms with E-state index in [1.165, 1.54) is 4.88 Å². The largest absolute Gasteiger partial charge is 0.330 e. The van der Waals surface area contributed by atoms with Crippen molar-refractivity contribution in [3.05, 3.63) is 22.4 Å². The Morgan fingerprint density at radius 2 is 2.29 bits per heavy atom. The smallest absolute Gasteiger partial charge is 0.0137 e. The van der Waals surface area contributed by atoms with Crippen LogP contribution in [-0.2, 0) is 6.42 Å². The van der Waals surface area contributed by atoms with Crippen LogP contribution in [-0.4, -0.2) is 18.6 Å². The van der Waals surface area contributed by atoms with Crippen molar-refractivity contribution in [2.45, 2.75) is 32.2 Å². The number of rotatable bonds is 6. The Balaban J connectivity index is 2.20. The van der Waals surface area contributed by atoms with Crippen LogP contribution in [0.5, 0.6) is 0 Å². The van der Waals surface area contributed by atoms with E-state index in [4.69, 9.17) is 5.73 Å². The number of hydrogen-bond donors (Lipinski definition) is 2. The van der Waals surface area contributed by atoms with Crippen molar-refractivity contribution in [1.82, 2.24) is 5.32 Å². The summed E-state index contributed by atoms with van der Waals surface area (Å²) in [5.41, 5.74) is 5.72. The molecule has 0 unspecified atom stereocenters. The first-order valence-corrected chi connectivity index (χ1v) is 5.99. The predicted molar refractivity (Wildman–Crippen MR) is 63.8 cm³/mol. The third-order valence-corrected chi connectivity index (χ3v) is 3.26. The van der Waals surface area contributed by atoms with Gasteiger partial charge < -0.3 is 11.1 Å². The van der Waals surface area contributed by atoms with Crippen LogP contribution in [0.1, 0.15) is 25.1 Å². The van der Waals surface area contributed by atoms with Crippen LogP contribution >= 0.6 is 11.3 Å². The van der Waals surface area contributed by atoms with Gasteiger partial charge in [-0.25, -0.2) is 0 Å². The highest BCUT2D eigenvalue weighted by atomic mass is 32.1. The third kappa shape index (κ3) is 4.22. The first kappa shape index (κ1) is 11.7. The molecule has 0 atom stereocenters. The van der Waals surface area contributed by atoms with Gasteiger partial charge in [-0.1, -0.05) is 6.07 Å². The van der Waals surface area contributed by atoms with E-state index in [0.717, 1.165) is 25.9 Å². The van der Waals surface area contributed by atoms with E-state index in [0.29, 0.717) is 0 Å². The normalized spacial score (nSPS) is 11.9. The molecule has 0 aromatic carbocycles. The average molecular weight is 212 g/mol. The van der Waals surface area contributed by atoms with E-state index in [-0.39, 0.29) is 5.54 Å². The lowest BCUT2D eigenvalue weighted by Crippen LogP contribution is -2.41. The zero-order valence-corrected chi connectivity index (χ0v) is 9.86. The van der Waals surface area contributed by atoms with E-state index >= 15 is 0 Å².